The molecule has 0 heterocycles. The largest absolute Gasteiger partial charge is 0.497 e. The number of benzene rings is 3. The summed E-state index contributed by atoms with van der Waals surface area (Å²) in [7, 11) is -1.34. The summed E-state index contributed by atoms with van der Waals surface area (Å²) in [6.45, 7) is 5.76. The zero-order valence-electron chi connectivity index (χ0n) is 24.3. The maximum Gasteiger partial charge on any atom is 0.264 e. The van der Waals surface area contributed by atoms with E-state index in [-0.39, 0.29) is 28.8 Å². The molecular weight excluding hydrogens is 542 g/mol. The summed E-state index contributed by atoms with van der Waals surface area (Å²) in [6, 6.07) is 19.5. The van der Waals surface area contributed by atoms with Gasteiger partial charge in [-0.2, -0.15) is 0 Å². The van der Waals surface area contributed by atoms with Crippen molar-refractivity contribution in [3.8, 4) is 11.5 Å². The third kappa shape index (κ3) is 7.79. The first-order valence-corrected chi connectivity index (χ1v) is 15.0. The van der Waals surface area contributed by atoms with E-state index in [1.54, 1.807) is 30.3 Å². The molecule has 1 atom stereocenters. The number of sulfonamides is 1. The number of amides is 2. The third-order valence-electron chi connectivity index (χ3n) is 6.64. The monoisotopic (exact) mass is 581 g/mol. The minimum atomic E-state index is -4.24. The number of carbonyl (C=O) groups is 2. The minimum absolute atomic E-state index is 0.00985. The van der Waals surface area contributed by atoms with Gasteiger partial charge in [0.25, 0.3) is 10.0 Å². The van der Waals surface area contributed by atoms with Crippen LogP contribution in [0.2, 0.25) is 0 Å². The van der Waals surface area contributed by atoms with Crippen molar-refractivity contribution in [1.82, 2.24) is 10.2 Å². The number of hydrogen-bond acceptors (Lipinski definition) is 6. The summed E-state index contributed by atoms with van der Waals surface area (Å²) in [5.41, 5.74) is 1.98. The number of nitrogens with one attached hydrogen (secondary N) is 1. The second-order valence-electron chi connectivity index (χ2n) is 9.59. The lowest BCUT2D eigenvalue weighted by atomic mass is 10.1. The Kier molecular flexibility index (Phi) is 11.2. The Morgan fingerprint density at radius 2 is 1.66 bits per heavy atom. The zero-order chi connectivity index (χ0) is 30.0. The van der Waals surface area contributed by atoms with Gasteiger partial charge < -0.3 is 19.7 Å². The average molecular weight is 582 g/mol. The van der Waals surface area contributed by atoms with E-state index in [0.29, 0.717) is 18.7 Å². The predicted octanol–water partition coefficient (Wildman–Crippen LogP) is 4.54. The molecule has 0 saturated carbocycles. The first-order valence-electron chi connectivity index (χ1n) is 13.6. The Hall–Kier alpha value is -4.05. The van der Waals surface area contributed by atoms with Crippen LogP contribution in [0.5, 0.6) is 11.5 Å². The predicted molar refractivity (Wildman–Crippen MR) is 160 cm³/mol. The summed E-state index contributed by atoms with van der Waals surface area (Å²) < 4.78 is 40.0. The molecule has 0 aromatic heterocycles. The summed E-state index contributed by atoms with van der Waals surface area (Å²) in [6.07, 6.45) is 1.09. The van der Waals surface area contributed by atoms with Crippen LogP contribution in [-0.2, 0) is 26.2 Å². The quantitative estimate of drug-likeness (QED) is 0.300. The summed E-state index contributed by atoms with van der Waals surface area (Å²) >= 11 is 0. The van der Waals surface area contributed by atoms with Gasteiger partial charge in [-0.15, -0.1) is 0 Å². The molecule has 220 valence electrons. The number of rotatable bonds is 14. The second kappa shape index (κ2) is 14.5. The van der Waals surface area contributed by atoms with E-state index < -0.39 is 28.5 Å². The van der Waals surface area contributed by atoms with Crippen LogP contribution in [0.3, 0.4) is 0 Å². The zero-order valence-corrected chi connectivity index (χ0v) is 25.1. The molecule has 3 aromatic rings. The molecule has 41 heavy (non-hydrogen) atoms. The van der Waals surface area contributed by atoms with Crippen LogP contribution in [0, 0.1) is 6.92 Å². The molecule has 2 amide bonds. The van der Waals surface area contributed by atoms with Crippen LogP contribution in [0.4, 0.5) is 5.69 Å². The third-order valence-corrected chi connectivity index (χ3v) is 8.41. The van der Waals surface area contributed by atoms with Crippen molar-refractivity contribution in [3.63, 3.8) is 0 Å². The van der Waals surface area contributed by atoms with Crippen LogP contribution in [0.25, 0.3) is 0 Å². The molecule has 1 unspecified atom stereocenters. The summed E-state index contributed by atoms with van der Waals surface area (Å²) in [5.74, 6) is -0.180. The van der Waals surface area contributed by atoms with E-state index in [4.69, 9.17) is 9.47 Å². The Morgan fingerprint density at radius 1 is 0.927 bits per heavy atom. The number of methoxy groups -OCH3 is 2. The van der Waals surface area contributed by atoms with Gasteiger partial charge in [0.1, 0.15) is 24.1 Å². The van der Waals surface area contributed by atoms with E-state index in [9.17, 15) is 18.0 Å². The van der Waals surface area contributed by atoms with Gasteiger partial charge >= 0.3 is 0 Å². The molecule has 0 aliphatic rings. The van der Waals surface area contributed by atoms with Gasteiger partial charge in [-0.25, -0.2) is 8.42 Å². The number of anilines is 1. The molecule has 0 aliphatic carbocycles. The van der Waals surface area contributed by atoms with Crippen molar-refractivity contribution >= 4 is 27.5 Å². The Balaban J connectivity index is 2.13. The van der Waals surface area contributed by atoms with Crippen molar-refractivity contribution in [1.29, 1.82) is 0 Å². The number of ether oxygens (including phenoxy) is 2. The Labute approximate surface area is 243 Å². The molecule has 1 N–H and O–H groups in total. The van der Waals surface area contributed by atoms with E-state index in [1.807, 2.05) is 45.0 Å². The smallest absolute Gasteiger partial charge is 0.264 e. The average Bonchev–Trinajstić information content (AvgIpc) is 2.98. The SMILES string of the molecule is CCCNC(=O)C(CC)N(Cc1cccc(C)c1)C(=O)CN(c1cc(OC)ccc1OC)S(=O)(=O)c1ccccc1. The van der Waals surface area contributed by atoms with Gasteiger partial charge in [-0.1, -0.05) is 61.9 Å². The van der Waals surface area contributed by atoms with Crippen LogP contribution >= 0.6 is 0 Å². The normalized spacial score (nSPS) is 11.8. The molecule has 0 bridgehead atoms. The second-order valence-corrected chi connectivity index (χ2v) is 11.5. The van der Waals surface area contributed by atoms with Gasteiger partial charge in [-0.3, -0.25) is 13.9 Å². The minimum Gasteiger partial charge on any atom is -0.497 e. The molecule has 9 nitrogen and oxygen atoms in total. The fraction of sp³-hybridized carbons (Fsp3) is 0.355. The van der Waals surface area contributed by atoms with E-state index in [0.717, 1.165) is 21.9 Å². The number of nitrogens with zero attached hydrogens (tertiary/aromatic N) is 2. The van der Waals surface area contributed by atoms with Gasteiger partial charge in [-0.05, 0) is 49.6 Å². The highest BCUT2D eigenvalue weighted by Gasteiger charge is 2.35. The molecule has 0 aliphatic heterocycles. The van der Waals surface area contributed by atoms with E-state index in [2.05, 4.69) is 5.32 Å². The van der Waals surface area contributed by atoms with Crippen molar-refractivity contribution in [2.24, 2.45) is 0 Å². The molecule has 0 fully saturated rings. The highest BCUT2D eigenvalue weighted by Crippen LogP contribution is 2.36. The van der Waals surface area contributed by atoms with Crippen molar-refractivity contribution in [3.05, 3.63) is 83.9 Å². The van der Waals surface area contributed by atoms with Crippen molar-refractivity contribution < 1.29 is 27.5 Å². The lowest BCUT2D eigenvalue weighted by Crippen LogP contribution is -2.52. The topological polar surface area (TPSA) is 105 Å². The fourth-order valence-electron chi connectivity index (χ4n) is 4.52. The maximum absolute atomic E-state index is 14.2. The molecule has 0 saturated heterocycles. The molecule has 3 aromatic carbocycles. The Bertz CT molecular complexity index is 1430. The van der Waals surface area contributed by atoms with Crippen LogP contribution in [0.15, 0.2) is 77.7 Å². The molecule has 0 radical (unpaired) electrons. The molecular formula is C31H39N3O6S. The molecule has 3 rings (SSSR count). The standard InChI is InChI=1S/C31H39N3O6S/c1-6-18-32-31(36)27(7-2)33(21-24-13-11-12-23(3)19-24)30(35)22-34(41(37,38)26-14-9-8-10-15-26)28-20-25(39-4)16-17-29(28)40-5/h8-17,19-20,27H,6-7,18,21-22H2,1-5H3,(H,32,36). The van der Waals surface area contributed by atoms with Gasteiger partial charge in [0.2, 0.25) is 11.8 Å². The summed E-state index contributed by atoms with van der Waals surface area (Å²) in [5, 5.41) is 2.89. The van der Waals surface area contributed by atoms with Gasteiger partial charge in [0, 0.05) is 19.2 Å². The van der Waals surface area contributed by atoms with Crippen LogP contribution < -0.4 is 19.1 Å². The number of hydrogen-bond donors (Lipinski definition) is 1. The van der Waals surface area contributed by atoms with Gasteiger partial charge in [0.05, 0.1) is 24.8 Å². The van der Waals surface area contributed by atoms with Crippen LogP contribution in [-0.4, -0.2) is 58.5 Å². The van der Waals surface area contributed by atoms with Crippen molar-refractivity contribution in [2.75, 3.05) is 31.6 Å². The Morgan fingerprint density at radius 3 is 2.27 bits per heavy atom. The highest BCUT2D eigenvalue weighted by molar-refractivity contribution is 7.92. The van der Waals surface area contributed by atoms with Crippen molar-refractivity contribution in [2.45, 2.75) is 51.1 Å². The lowest BCUT2D eigenvalue weighted by Gasteiger charge is -2.33. The molecule has 0 spiro atoms. The fourth-order valence-corrected chi connectivity index (χ4v) is 5.95. The maximum atomic E-state index is 14.2. The lowest BCUT2D eigenvalue weighted by molar-refractivity contribution is -0.140. The first kappa shape index (κ1) is 31.5. The van der Waals surface area contributed by atoms with Gasteiger partial charge in [0.15, 0.2) is 0 Å². The number of aryl methyl sites for hydroxylation is 1. The highest BCUT2D eigenvalue weighted by atomic mass is 32.2. The number of carbonyl (C=O) groups excluding carboxylic acids is 2. The molecule has 10 heteroatoms. The first-order chi connectivity index (χ1) is 19.7. The van der Waals surface area contributed by atoms with E-state index in [1.165, 1.54) is 37.3 Å². The van der Waals surface area contributed by atoms with E-state index >= 15 is 0 Å². The van der Waals surface area contributed by atoms with Crippen LogP contribution in [0.1, 0.15) is 37.8 Å². The summed E-state index contributed by atoms with van der Waals surface area (Å²) in [4.78, 5) is 28.9.